The van der Waals surface area contributed by atoms with Gasteiger partial charge in [0.05, 0.1) is 4.90 Å². The third-order valence-electron chi connectivity index (χ3n) is 5.41. The predicted molar refractivity (Wildman–Crippen MR) is 108 cm³/mol. The number of fused-ring (bicyclic) bond motifs is 2. The molecule has 144 valence electrons. The fourth-order valence-electron chi connectivity index (χ4n) is 3.76. The lowest BCUT2D eigenvalue weighted by atomic mass is 10.0. The van der Waals surface area contributed by atoms with Gasteiger partial charge in [-0.2, -0.15) is 0 Å². The van der Waals surface area contributed by atoms with Crippen LogP contribution >= 0.6 is 11.8 Å². The van der Waals surface area contributed by atoms with E-state index in [1.54, 1.807) is 11.8 Å². The van der Waals surface area contributed by atoms with Crippen LogP contribution in [0.5, 0.6) is 0 Å². The highest BCUT2D eigenvalue weighted by atomic mass is 32.2. The van der Waals surface area contributed by atoms with Gasteiger partial charge in [0.15, 0.2) is 0 Å². The van der Waals surface area contributed by atoms with Gasteiger partial charge in [0.2, 0.25) is 10.0 Å². The van der Waals surface area contributed by atoms with Gasteiger partial charge in [0.1, 0.15) is 0 Å². The van der Waals surface area contributed by atoms with Crippen molar-refractivity contribution in [2.45, 2.75) is 47.3 Å². The van der Waals surface area contributed by atoms with E-state index in [2.05, 4.69) is 29.0 Å². The number of ether oxygens (including phenoxy) is 1. The maximum Gasteiger partial charge on any atom is 0.240 e. The minimum atomic E-state index is -3.52. The molecule has 2 heterocycles. The lowest BCUT2D eigenvalue weighted by Gasteiger charge is -2.22. The van der Waals surface area contributed by atoms with E-state index < -0.39 is 10.0 Å². The van der Waals surface area contributed by atoms with E-state index in [1.165, 1.54) is 16.0 Å². The Bertz CT molecular complexity index is 934. The van der Waals surface area contributed by atoms with Crippen molar-refractivity contribution in [1.29, 1.82) is 0 Å². The topological polar surface area (TPSA) is 55.4 Å². The van der Waals surface area contributed by atoms with Gasteiger partial charge in [-0.25, -0.2) is 13.1 Å². The maximum absolute atomic E-state index is 13.0. The Hall–Kier alpha value is -1.34. The Morgan fingerprint density at radius 3 is 2.63 bits per heavy atom. The summed E-state index contributed by atoms with van der Waals surface area (Å²) in [7, 11) is -3.52. The normalized spacial score (nSPS) is 17.8. The van der Waals surface area contributed by atoms with E-state index in [0.29, 0.717) is 17.4 Å². The molecule has 1 N–H and O–H groups in total. The van der Waals surface area contributed by atoms with Crippen molar-refractivity contribution in [2.24, 2.45) is 5.92 Å². The Morgan fingerprint density at radius 2 is 1.81 bits per heavy atom. The zero-order valence-electron chi connectivity index (χ0n) is 15.5. The smallest absolute Gasteiger partial charge is 0.240 e. The minimum absolute atomic E-state index is 0.357. The molecule has 2 aromatic rings. The van der Waals surface area contributed by atoms with Gasteiger partial charge in [-0.1, -0.05) is 36.0 Å². The second-order valence-electron chi connectivity index (χ2n) is 7.34. The number of benzene rings is 2. The molecule has 0 amide bonds. The Morgan fingerprint density at radius 1 is 1.07 bits per heavy atom. The van der Waals surface area contributed by atoms with Gasteiger partial charge in [-0.05, 0) is 67.3 Å². The maximum atomic E-state index is 13.0. The van der Waals surface area contributed by atoms with Crippen molar-refractivity contribution in [2.75, 3.05) is 19.8 Å². The van der Waals surface area contributed by atoms with Crippen LogP contribution in [0, 0.1) is 12.8 Å². The molecule has 27 heavy (non-hydrogen) atoms. The molecular formula is C21H25NO3S2. The van der Waals surface area contributed by atoms with Crippen LogP contribution < -0.4 is 4.72 Å². The molecule has 4 rings (SSSR count). The molecule has 0 bridgehead atoms. The van der Waals surface area contributed by atoms with E-state index in [0.717, 1.165) is 49.4 Å². The van der Waals surface area contributed by atoms with E-state index >= 15 is 0 Å². The van der Waals surface area contributed by atoms with E-state index in [1.807, 2.05) is 19.1 Å². The summed E-state index contributed by atoms with van der Waals surface area (Å²) in [5.74, 6) is 0.357. The van der Waals surface area contributed by atoms with Crippen LogP contribution in [0.15, 0.2) is 51.1 Å². The molecule has 0 aromatic heterocycles. The van der Waals surface area contributed by atoms with Crippen LogP contribution in [0.25, 0.3) is 0 Å². The summed E-state index contributed by atoms with van der Waals surface area (Å²) in [6, 6.07) is 12.3. The van der Waals surface area contributed by atoms with Gasteiger partial charge in [-0.15, -0.1) is 0 Å². The fourth-order valence-corrected chi connectivity index (χ4v) is 6.36. The number of hydrogen-bond acceptors (Lipinski definition) is 4. The van der Waals surface area contributed by atoms with Crippen LogP contribution in [0.2, 0.25) is 0 Å². The molecule has 0 atom stereocenters. The summed E-state index contributed by atoms with van der Waals surface area (Å²) in [4.78, 5) is 2.68. The highest BCUT2D eigenvalue weighted by molar-refractivity contribution is 7.99. The van der Waals surface area contributed by atoms with Crippen molar-refractivity contribution in [3.63, 3.8) is 0 Å². The zero-order valence-corrected chi connectivity index (χ0v) is 17.2. The highest BCUT2D eigenvalue weighted by Crippen LogP contribution is 2.39. The highest BCUT2D eigenvalue weighted by Gasteiger charge is 2.23. The van der Waals surface area contributed by atoms with Crippen molar-refractivity contribution < 1.29 is 13.2 Å². The monoisotopic (exact) mass is 403 g/mol. The van der Waals surface area contributed by atoms with Crippen molar-refractivity contribution >= 4 is 21.8 Å². The third kappa shape index (κ3) is 4.24. The van der Waals surface area contributed by atoms with Crippen LogP contribution in [-0.4, -0.2) is 28.2 Å². The molecule has 2 aliphatic rings. The first-order valence-corrected chi connectivity index (χ1v) is 11.8. The molecule has 6 heteroatoms. The van der Waals surface area contributed by atoms with Crippen LogP contribution in [0.4, 0.5) is 0 Å². The number of rotatable bonds is 4. The van der Waals surface area contributed by atoms with Gasteiger partial charge in [0, 0.05) is 29.5 Å². The predicted octanol–water partition coefficient (Wildman–Crippen LogP) is 3.95. The molecule has 0 aliphatic carbocycles. The standard InChI is InChI=1S/C21H25NO3S2/c1-15-12-18-7-6-17-4-2-3-5-19(17)26-20(18)13-21(15)27(23,24)22-14-16-8-10-25-11-9-16/h2-5,12-13,16,22H,6-11,14H2,1H3. The van der Waals surface area contributed by atoms with Gasteiger partial charge in [-0.3, -0.25) is 0 Å². The number of aryl methyl sites for hydroxylation is 3. The van der Waals surface area contributed by atoms with Gasteiger partial charge >= 0.3 is 0 Å². The molecule has 1 saturated heterocycles. The van der Waals surface area contributed by atoms with Crippen molar-refractivity contribution in [1.82, 2.24) is 4.72 Å². The Labute approximate surface area is 165 Å². The molecule has 2 aliphatic heterocycles. The van der Waals surface area contributed by atoms with Gasteiger partial charge in [0.25, 0.3) is 0 Å². The minimum Gasteiger partial charge on any atom is -0.381 e. The zero-order chi connectivity index (χ0) is 18.9. The molecule has 0 radical (unpaired) electrons. The first kappa shape index (κ1) is 19.0. The average molecular weight is 404 g/mol. The first-order valence-electron chi connectivity index (χ1n) is 9.49. The quantitative estimate of drug-likeness (QED) is 0.840. The van der Waals surface area contributed by atoms with E-state index in [9.17, 15) is 8.42 Å². The first-order chi connectivity index (χ1) is 13.0. The second kappa shape index (κ2) is 7.95. The Kier molecular flexibility index (Phi) is 5.60. The molecule has 0 saturated carbocycles. The summed E-state index contributed by atoms with van der Waals surface area (Å²) < 4.78 is 34.1. The van der Waals surface area contributed by atoms with Gasteiger partial charge < -0.3 is 4.74 Å². The third-order valence-corrected chi connectivity index (χ3v) is 8.19. The summed E-state index contributed by atoms with van der Waals surface area (Å²) in [5, 5.41) is 0. The molecule has 1 fully saturated rings. The summed E-state index contributed by atoms with van der Waals surface area (Å²) >= 11 is 1.68. The largest absolute Gasteiger partial charge is 0.381 e. The van der Waals surface area contributed by atoms with Crippen LogP contribution in [0.3, 0.4) is 0 Å². The van der Waals surface area contributed by atoms with Crippen molar-refractivity contribution in [3.8, 4) is 0 Å². The number of sulfonamides is 1. The van der Waals surface area contributed by atoms with E-state index in [-0.39, 0.29) is 0 Å². The number of hydrogen-bond donors (Lipinski definition) is 1. The summed E-state index contributed by atoms with van der Waals surface area (Å²) in [6.07, 6.45) is 3.76. The van der Waals surface area contributed by atoms with E-state index in [4.69, 9.17) is 4.74 Å². The number of nitrogens with one attached hydrogen (secondary N) is 1. The van der Waals surface area contributed by atoms with Crippen LogP contribution in [-0.2, 0) is 27.6 Å². The SMILES string of the molecule is Cc1cc2c(cc1S(=O)(=O)NCC1CCOCC1)Sc1ccccc1CC2. The molecular weight excluding hydrogens is 378 g/mol. The molecule has 0 spiro atoms. The van der Waals surface area contributed by atoms with Crippen molar-refractivity contribution in [3.05, 3.63) is 53.1 Å². The molecule has 2 aromatic carbocycles. The average Bonchev–Trinajstić information content (AvgIpc) is 2.85. The summed E-state index contributed by atoms with van der Waals surface area (Å²) in [5.41, 5.74) is 3.38. The lowest BCUT2D eigenvalue weighted by molar-refractivity contribution is 0.0678. The second-order valence-corrected chi connectivity index (χ2v) is 10.2. The summed E-state index contributed by atoms with van der Waals surface area (Å²) in [6.45, 7) is 3.82. The lowest BCUT2D eigenvalue weighted by Crippen LogP contribution is -2.32. The fraction of sp³-hybridized carbons (Fsp3) is 0.429. The van der Waals surface area contributed by atoms with Crippen LogP contribution in [0.1, 0.15) is 29.5 Å². The molecule has 4 nitrogen and oxygen atoms in total. The molecule has 0 unspecified atom stereocenters. The Balaban J connectivity index is 1.59.